The maximum atomic E-state index is 12.3. The number of rotatable bonds is 4. The number of esters is 1. The van der Waals surface area contributed by atoms with E-state index in [1.54, 1.807) is 0 Å². The van der Waals surface area contributed by atoms with E-state index < -0.39 is 16.0 Å². The van der Waals surface area contributed by atoms with E-state index >= 15 is 0 Å². The van der Waals surface area contributed by atoms with Crippen LogP contribution < -0.4 is 4.72 Å². The van der Waals surface area contributed by atoms with Crippen LogP contribution >= 0.6 is 34.5 Å². The van der Waals surface area contributed by atoms with Crippen molar-refractivity contribution < 1.29 is 17.9 Å². The second kappa shape index (κ2) is 6.23. The Morgan fingerprint density at radius 3 is 2.43 bits per heavy atom. The molecule has 1 aromatic heterocycles. The standard InChI is InChI=1S/C12H9Cl2NO4S2/c1-19-12(16)11-10(2-3-20-11)21(17,18)15-9-5-7(13)4-8(14)6-9/h2-6,15H,1H3. The quantitative estimate of drug-likeness (QED) is 0.839. The molecule has 1 heterocycles. The van der Waals surface area contributed by atoms with Gasteiger partial charge in [-0.1, -0.05) is 23.2 Å². The fourth-order valence-electron chi connectivity index (χ4n) is 1.57. The van der Waals surface area contributed by atoms with Crippen LogP contribution in [0.5, 0.6) is 0 Å². The van der Waals surface area contributed by atoms with Gasteiger partial charge in [0.25, 0.3) is 10.0 Å². The van der Waals surface area contributed by atoms with Crippen LogP contribution in [0.2, 0.25) is 10.0 Å². The van der Waals surface area contributed by atoms with Crippen molar-refractivity contribution in [3.8, 4) is 0 Å². The molecule has 0 bridgehead atoms. The van der Waals surface area contributed by atoms with Crippen LogP contribution in [0.25, 0.3) is 0 Å². The molecule has 0 atom stereocenters. The minimum atomic E-state index is -3.95. The Hall–Kier alpha value is -1.28. The van der Waals surface area contributed by atoms with E-state index in [0.717, 1.165) is 11.3 Å². The Kier molecular flexibility index (Phi) is 4.77. The minimum Gasteiger partial charge on any atom is -0.465 e. The first-order valence-corrected chi connectivity index (χ1v) is 8.60. The summed E-state index contributed by atoms with van der Waals surface area (Å²) in [6, 6.07) is 5.63. The molecule has 1 N–H and O–H groups in total. The van der Waals surface area contributed by atoms with Crippen molar-refractivity contribution in [1.82, 2.24) is 0 Å². The predicted octanol–water partition coefficient (Wildman–Crippen LogP) is 3.64. The van der Waals surface area contributed by atoms with Gasteiger partial charge in [0.05, 0.1) is 12.8 Å². The molecule has 0 aliphatic carbocycles. The van der Waals surface area contributed by atoms with Crippen molar-refractivity contribution in [2.24, 2.45) is 0 Å². The van der Waals surface area contributed by atoms with Crippen molar-refractivity contribution in [3.63, 3.8) is 0 Å². The lowest BCUT2D eigenvalue weighted by molar-refractivity contribution is 0.0602. The number of hydrogen-bond acceptors (Lipinski definition) is 5. The van der Waals surface area contributed by atoms with E-state index in [9.17, 15) is 13.2 Å². The fraction of sp³-hybridized carbons (Fsp3) is 0.0833. The molecule has 0 saturated heterocycles. The summed E-state index contributed by atoms with van der Waals surface area (Å²) in [6.07, 6.45) is 0. The summed E-state index contributed by atoms with van der Waals surface area (Å²) in [5, 5.41) is 2.07. The number of anilines is 1. The zero-order chi connectivity index (χ0) is 15.6. The Labute approximate surface area is 135 Å². The second-order valence-electron chi connectivity index (χ2n) is 3.87. The van der Waals surface area contributed by atoms with Crippen molar-refractivity contribution >= 4 is 56.2 Å². The molecule has 112 valence electrons. The first-order valence-electron chi connectivity index (χ1n) is 5.48. The van der Waals surface area contributed by atoms with Gasteiger partial charge in [-0.3, -0.25) is 4.72 Å². The summed E-state index contributed by atoms with van der Waals surface area (Å²) in [5.41, 5.74) is 0.203. The van der Waals surface area contributed by atoms with Crippen LogP contribution in [0.15, 0.2) is 34.5 Å². The summed E-state index contributed by atoms with van der Waals surface area (Å²) in [7, 11) is -2.76. The van der Waals surface area contributed by atoms with Crippen LogP contribution in [0, 0.1) is 0 Å². The normalized spacial score (nSPS) is 11.2. The highest BCUT2D eigenvalue weighted by Crippen LogP contribution is 2.27. The van der Waals surface area contributed by atoms with Crippen LogP contribution in [0.4, 0.5) is 5.69 Å². The number of ether oxygens (including phenoxy) is 1. The van der Waals surface area contributed by atoms with Gasteiger partial charge in [-0.15, -0.1) is 11.3 Å². The third-order valence-corrected chi connectivity index (χ3v) is 5.29. The molecule has 0 amide bonds. The van der Waals surface area contributed by atoms with Crippen LogP contribution in [-0.4, -0.2) is 21.5 Å². The SMILES string of the molecule is COC(=O)c1sccc1S(=O)(=O)Nc1cc(Cl)cc(Cl)c1. The molecule has 0 unspecified atom stereocenters. The molecule has 0 radical (unpaired) electrons. The molecular weight excluding hydrogens is 357 g/mol. The van der Waals surface area contributed by atoms with Crippen LogP contribution in [-0.2, 0) is 14.8 Å². The van der Waals surface area contributed by atoms with Crippen LogP contribution in [0.1, 0.15) is 9.67 Å². The van der Waals surface area contributed by atoms with Crippen molar-refractivity contribution in [2.75, 3.05) is 11.8 Å². The van der Waals surface area contributed by atoms with Crippen molar-refractivity contribution in [1.29, 1.82) is 0 Å². The number of halogens is 2. The van der Waals surface area contributed by atoms with E-state index in [-0.39, 0.29) is 15.5 Å². The molecule has 2 aromatic rings. The highest BCUT2D eigenvalue weighted by atomic mass is 35.5. The molecule has 0 aliphatic rings. The monoisotopic (exact) mass is 365 g/mol. The summed E-state index contributed by atoms with van der Waals surface area (Å²) in [5.74, 6) is -0.713. The maximum absolute atomic E-state index is 12.3. The third kappa shape index (κ3) is 3.68. The Balaban J connectivity index is 2.39. The van der Waals surface area contributed by atoms with Gasteiger partial charge >= 0.3 is 5.97 Å². The lowest BCUT2D eigenvalue weighted by atomic mass is 10.3. The molecule has 9 heteroatoms. The molecule has 0 saturated carbocycles. The molecule has 0 fully saturated rings. The Morgan fingerprint density at radius 2 is 1.86 bits per heavy atom. The number of hydrogen-bond donors (Lipinski definition) is 1. The third-order valence-electron chi connectivity index (χ3n) is 2.40. The predicted molar refractivity (Wildman–Crippen MR) is 82.9 cm³/mol. The highest BCUT2D eigenvalue weighted by Gasteiger charge is 2.24. The summed E-state index contributed by atoms with van der Waals surface area (Å²) < 4.78 is 31.5. The molecular formula is C12H9Cl2NO4S2. The molecule has 1 aromatic carbocycles. The second-order valence-corrected chi connectivity index (χ2v) is 7.31. The number of carbonyl (C=O) groups is 1. The van der Waals surface area contributed by atoms with E-state index in [2.05, 4.69) is 9.46 Å². The molecule has 2 rings (SSSR count). The number of carbonyl (C=O) groups excluding carboxylic acids is 1. The van der Waals surface area contributed by atoms with Crippen molar-refractivity contribution in [3.05, 3.63) is 44.6 Å². The average molecular weight is 366 g/mol. The molecule has 5 nitrogen and oxygen atoms in total. The highest BCUT2D eigenvalue weighted by molar-refractivity contribution is 7.93. The maximum Gasteiger partial charge on any atom is 0.349 e. The molecule has 0 aliphatic heterocycles. The summed E-state index contributed by atoms with van der Waals surface area (Å²) >= 11 is 12.6. The summed E-state index contributed by atoms with van der Waals surface area (Å²) in [6.45, 7) is 0. The van der Waals surface area contributed by atoms with E-state index in [4.69, 9.17) is 23.2 Å². The van der Waals surface area contributed by atoms with Crippen LogP contribution in [0.3, 0.4) is 0 Å². The van der Waals surface area contributed by atoms with E-state index in [1.165, 1.54) is 36.8 Å². The number of benzene rings is 1. The van der Waals surface area contributed by atoms with Gasteiger partial charge in [0.15, 0.2) is 0 Å². The number of methoxy groups -OCH3 is 1. The van der Waals surface area contributed by atoms with Crippen molar-refractivity contribution in [2.45, 2.75) is 4.90 Å². The Bertz CT molecular complexity index is 766. The largest absolute Gasteiger partial charge is 0.465 e. The van der Waals surface area contributed by atoms with Gasteiger partial charge in [-0.25, -0.2) is 13.2 Å². The molecule has 21 heavy (non-hydrogen) atoms. The van der Waals surface area contributed by atoms with Gasteiger partial charge in [0.2, 0.25) is 0 Å². The van der Waals surface area contributed by atoms with Gasteiger partial charge < -0.3 is 4.74 Å². The van der Waals surface area contributed by atoms with E-state index in [0.29, 0.717) is 10.0 Å². The smallest absolute Gasteiger partial charge is 0.349 e. The number of nitrogens with one attached hydrogen (secondary N) is 1. The first kappa shape index (κ1) is 16.1. The first-order chi connectivity index (χ1) is 9.83. The average Bonchev–Trinajstić information content (AvgIpc) is 2.85. The fourth-order valence-corrected chi connectivity index (χ4v) is 4.48. The Morgan fingerprint density at radius 1 is 1.24 bits per heavy atom. The van der Waals surface area contributed by atoms with Gasteiger partial charge in [0, 0.05) is 10.0 Å². The molecule has 0 spiro atoms. The lowest BCUT2D eigenvalue weighted by Crippen LogP contribution is -2.15. The minimum absolute atomic E-state index is 0.00174. The van der Waals surface area contributed by atoms with Gasteiger partial charge in [-0.2, -0.15) is 0 Å². The van der Waals surface area contributed by atoms with Gasteiger partial charge in [-0.05, 0) is 29.6 Å². The lowest BCUT2D eigenvalue weighted by Gasteiger charge is -2.09. The van der Waals surface area contributed by atoms with E-state index in [1.807, 2.05) is 0 Å². The number of thiophene rings is 1. The topological polar surface area (TPSA) is 72.5 Å². The zero-order valence-corrected chi connectivity index (χ0v) is 13.7. The van der Waals surface area contributed by atoms with Gasteiger partial charge in [0.1, 0.15) is 9.77 Å². The summed E-state index contributed by atoms with van der Waals surface area (Å²) in [4.78, 5) is 11.4. The zero-order valence-electron chi connectivity index (χ0n) is 10.6. The number of sulfonamides is 1.